The number of carbonyl (C=O) groups is 2. The molecule has 0 radical (unpaired) electrons. The summed E-state index contributed by atoms with van der Waals surface area (Å²) in [4.78, 5) is 28.1. The minimum Gasteiger partial charge on any atom is -0.487 e. The van der Waals surface area contributed by atoms with Gasteiger partial charge in [-0.2, -0.15) is 0 Å². The average Bonchev–Trinajstić information content (AvgIpc) is 2.68. The molecule has 0 atom stereocenters. The van der Waals surface area contributed by atoms with Crippen LogP contribution in [0.5, 0.6) is 5.75 Å². The van der Waals surface area contributed by atoms with Gasteiger partial charge in [0.15, 0.2) is 0 Å². The molecule has 1 aliphatic rings. The molecule has 2 amide bonds. The molecule has 1 fully saturated rings. The van der Waals surface area contributed by atoms with Crippen molar-refractivity contribution in [1.82, 2.24) is 4.90 Å². The lowest BCUT2D eigenvalue weighted by Crippen LogP contribution is -2.53. The number of amides is 2. The van der Waals surface area contributed by atoms with E-state index in [4.69, 9.17) is 32.7 Å². The van der Waals surface area contributed by atoms with Gasteiger partial charge in [-0.25, -0.2) is 4.79 Å². The molecule has 0 spiro atoms. The van der Waals surface area contributed by atoms with E-state index in [0.29, 0.717) is 34.6 Å². The summed E-state index contributed by atoms with van der Waals surface area (Å²) in [7, 11) is 0. The summed E-state index contributed by atoms with van der Waals surface area (Å²) in [6.07, 6.45) is -0.486. The molecule has 6 nitrogen and oxygen atoms in total. The number of para-hydroxylation sites is 2. The Labute approximate surface area is 186 Å². The third-order valence-electron chi connectivity index (χ3n) is 4.41. The fourth-order valence-electron chi connectivity index (χ4n) is 3.00. The number of rotatable bonds is 4. The topological polar surface area (TPSA) is 59.1 Å². The fraction of sp³-hybridized carbons (Fsp3) is 0.364. The zero-order valence-corrected chi connectivity index (χ0v) is 18.7. The van der Waals surface area contributed by atoms with Crippen LogP contribution in [0.4, 0.5) is 10.5 Å². The highest BCUT2D eigenvalue weighted by molar-refractivity contribution is 6.42. The van der Waals surface area contributed by atoms with E-state index < -0.39 is 11.7 Å². The zero-order valence-electron chi connectivity index (χ0n) is 17.2. The van der Waals surface area contributed by atoms with E-state index in [1.807, 2.05) is 24.3 Å². The van der Waals surface area contributed by atoms with Gasteiger partial charge in [-0.1, -0.05) is 41.4 Å². The van der Waals surface area contributed by atoms with Gasteiger partial charge in [0.1, 0.15) is 24.5 Å². The summed E-state index contributed by atoms with van der Waals surface area (Å²) in [5.41, 5.74) is 0.911. The SMILES string of the molecule is CC(C)(C)OC(=O)N1CCN(c2ccccc2OCc2ccc(Cl)c(Cl)c2)C(=O)C1. The molecule has 8 heteroatoms. The van der Waals surface area contributed by atoms with Crippen LogP contribution >= 0.6 is 23.2 Å². The monoisotopic (exact) mass is 450 g/mol. The second-order valence-electron chi connectivity index (χ2n) is 7.95. The minimum absolute atomic E-state index is 0.0456. The van der Waals surface area contributed by atoms with Crippen molar-refractivity contribution in [3.63, 3.8) is 0 Å². The third kappa shape index (κ3) is 5.58. The predicted octanol–water partition coefficient (Wildman–Crippen LogP) is 5.16. The van der Waals surface area contributed by atoms with Gasteiger partial charge in [-0.3, -0.25) is 9.69 Å². The van der Waals surface area contributed by atoms with Gasteiger partial charge in [-0.15, -0.1) is 0 Å². The standard InChI is InChI=1S/C22H24Cl2N2O4/c1-22(2,3)30-21(28)25-10-11-26(20(27)13-25)18-6-4-5-7-19(18)29-14-15-8-9-16(23)17(24)12-15/h4-9,12H,10-11,13-14H2,1-3H3. The number of hydrogen-bond donors (Lipinski definition) is 0. The van der Waals surface area contributed by atoms with Crippen LogP contribution in [0.25, 0.3) is 0 Å². The lowest BCUT2D eigenvalue weighted by atomic mass is 10.2. The lowest BCUT2D eigenvalue weighted by Gasteiger charge is -2.35. The summed E-state index contributed by atoms with van der Waals surface area (Å²) >= 11 is 12.0. The molecule has 0 bridgehead atoms. The lowest BCUT2D eigenvalue weighted by molar-refractivity contribution is -0.121. The third-order valence-corrected chi connectivity index (χ3v) is 5.15. The van der Waals surface area contributed by atoms with Crippen LogP contribution in [0.15, 0.2) is 42.5 Å². The summed E-state index contributed by atoms with van der Waals surface area (Å²) in [5.74, 6) is 0.375. The van der Waals surface area contributed by atoms with Crippen LogP contribution in [-0.2, 0) is 16.1 Å². The summed E-state index contributed by atoms with van der Waals surface area (Å²) < 4.78 is 11.3. The van der Waals surface area contributed by atoms with E-state index >= 15 is 0 Å². The molecule has 1 heterocycles. The molecule has 0 saturated carbocycles. The Morgan fingerprint density at radius 3 is 2.47 bits per heavy atom. The van der Waals surface area contributed by atoms with Crippen molar-refractivity contribution in [2.45, 2.75) is 33.0 Å². The van der Waals surface area contributed by atoms with E-state index in [0.717, 1.165) is 5.56 Å². The maximum atomic E-state index is 12.8. The molecule has 2 aromatic carbocycles. The van der Waals surface area contributed by atoms with Crippen LogP contribution in [0.2, 0.25) is 10.0 Å². The molecule has 0 aromatic heterocycles. The smallest absolute Gasteiger partial charge is 0.410 e. The van der Waals surface area contributed by atoms with Gasteiger partial charge in [-0.05, 0) is 50.6 Å². The van der Waals surface area contributed by atoms with Crippen LogP contribution in [0, 0.1) is 0 Å². The summed E-state index contributed by atoms with van der Waals surface area (Å²) in [5, 5.41) is 0.939. The number of anilines is 1. The number of halogens is 2. The first-order chi connectivity index (χ1) is 14.1. The molecule has 160 valence electrons. The zero-order chi connectivity index (χ0) is 21.9. The molecule has 3 rings (SSSR count). The van der Waals surface area contributed by atoms with Crippen LogP contribution < -0.4 is 9.64 Å². The quantitative estimate of drug-likeness (QED) is 0.645. The largest absolute Gasteiger partial charge is 0.487 e. The van der Waals surface area contributed by atoms with E-state index in [2.05, 4.69) is 0 Å². The van der Waals surface area contributed by atoms with Crippen LogP contribution in [0.3, 0.4) is 0 Å². The second kappa shape index (κ2) is 9.14. The van der Waals surface area contributed by atoms with Gasteiger partial charge in [0.25, 0.3) is 0 Å². The first-order valence-corrected chi connectivity index (χ1v) is 10.3. The maximum Gasteiger partial charge on any atom is 0.410 e. The number of nitrogens with zero attached hydrogens (tertiary/aromatic N) is 2. The fourth-order valence-corrected chi connectivity index (χ4v) is 3.32. The van der Waals surface area contributed by atoms with Crippen molar-refractivity contribution in [2.75, 3.05) is 24.5 Å². The molecule has 0 aliphatic carbocycles. The van der Waals surface area contributed by atoms with Crippen molar-refractivity contribution >= 4 is 40.9 Å². The van der Waals surface area contributed by atoms with Crippen molar-refractivity contribution in [1.29, 1.82) is 0 Å². The van der Waals surface area contributed by atoms with E-state index in [9.17, 15) is 9.59 Å². The van der Waals surface area contributed by atoms with E-state index in [-0.39, 0.29) is 19.1 Å². The highest BCUT2D eigenvalue weighted by Crippen LogP contribution is 2.31. The number of benzene rings is 2. The van der Waals surface area contributed by atoms with Gasteiger partial charge in [0, 0.05) is 13.1 Å². The Balaban J connectivity index is 1.69. The van der Waals surface area contributed by atoms with Gasteiger partial charge in [0.2, 0.25) is 5.91 Å². The molecule has 30 heavy (non-hydrogen) atoms. The Bertz CT molecular complexity index is 943. The number of piperazine rings is 1. The van der Waals surface area contributed by atoms with Crippen molar-refractivity contribution in [2.24, 2.45) is 0 Å². The van der Waals surface area contributed by atoms with Crippen molar-refractivity contribution in [3.8, 4) is 5.75 Å². The molecule has 1 saturated heterocycles. The summed E-state index contributed by atoms with van der Waals surface area (Å²) in [6.45, 7) is 6.35. The van der Waals surface area contributed by atoms with E-state index in [1.165, 1.54) is 4.90 Å². The highest BCUT2D eigenvalue weighted by atomic mass is 35.5. The van der Waals surface area contributed by atoms with Crippen molar-refractivity contribution < 1.29 is 19.1 Å². The second-order valence-corrected chi connectivity index (χ2v) is 8.77. The molecule has 0 unspecified atom stereocenters. The molecule has 2 aromatic rings. The molecule has 1 aliphatic heterocycles. The average molecular weight is 451 g/mol. The first kappa shape index (κ1) is 22.2. The van der Waals surface area contributed by atoms with Gasteiger partial charge in [0.05, 0.1) is 15.7 Å². The number of hydrogen-bond acceptors (Lipinski definition) is 4. The molecule has 0 N–H and O–H groups in total. The maximum absolute atomic E-state index is 12.8. The van der Waals surface area contributed by atoms with Crippen LogP contribution in [-0.4, -0.2) is 42.1 Å². The minimum atomic E-state index is -0.609. The Morgan fingerprint density at radius 2 is 1.80 bits per heavy atom. The Hall–Kier alpha value is -2.44. The summed E-state index contributed by atoms with van der Waals surface area (Å²) in [6, 6.07) is 12.6. The number of ether oxygens (including phenoxy) is 2. The Morgan fingerprint density at radius 1 is 1.07 bits per heavy atom. The predicted molar refractivity (Wildman–Crippen MR) is 117 cm³/mol. The molecular formula is C22H24Cl2N2O4. The number of carbonyl (C=O) groups excluding carboxylic acids is 2. The van der Waals surface area contributed by atoms with Crippen molar-refractivity contribution in [3.05, 3.63) is 58.1 Å². The normalized spacial score (nSPS) is 14.6. The Kier molecular flexibility index (Phi) is 6.78. The van der Waals surface area contributed by atoms with E-state index in [1.54, 1.807) is 43.9 Å². The van der Waals surface area contributed by atoms with Crippen LogP contribution in [0.1, 0.15) is 26.3 Å². The van der Waals surface area contributed by atoms with Gasteiger partial charge >= 0.3 is 6.09 Å². The highest BCUT2D eigenvalue weighted by Gasteiger charge is 2.32. The van der Waals surface area contributed by atoms with Gasteiger partial charge < -0.3 is 14.4 Å². The molecular weight excluding hydrogens is 427 g/mol. The first-order valence-electron chi connectivity index (χ1n) is 9.58.